The van der Waals surface area contributed by atoms with E-state index in [1.165, 1.54) is 0 Å². The highest BCUT2D eigenvalue weighted by Gasteiger charge is 2.27. The maximum Gasteiger partial charge on any atom is 0.331 e. The summed E-state index contributed by atoms with van der Waals surface area (Å²) in [7, 11) is 0. The van der Waals surface area contributed by atoms with E-state index in [2.05, 4.69) is 9.47 Å². The lowest BCUT2D eigenvalue weighted by atomic mass is 10.2. The molecule has 3 atom stereocenters. The molecule has 13 nitrogen and oxygen atoms in total. The summed E-state index contributed by atoms with van der Waals surface area (Å²) in [6.45, 7) is 0. The molecule has 0 rings (SSSR count). The third-order valence-corrected chi connectivity index (χ3v) is 2.58. The number of rotatable bonds is 9. The molecule has 0 aromatic rings. The van der Waals surface area contributed by atoms with Gasteiger partial charge in [-0.1, -0.05) is 0 Å². The van der Waals surface area contributed by atoms with Crippen LogP contribution in [0.2, 0.25) is 0 Å². The van der Waals surface area contributed by atoms with Gasteiger partial charge in [0, 0.05) is 6.42 Å². The third kappa shape index (κ3) is 9.09. The van der Waals surface area contributed by atoms with Gasteiger partial charge in [-0.05, 0) is 0 Å². The van der Waals surface area contributed by atoms with Gasteiger partial charge in [-0.15, -0.1) is 0 Å². The minimum atomic E-state index is -1.53. The van der Waals surface area contributed by atoms with E-state index in [0.29, 0.717) is 0 Å². The zero-order valence-corrected chi connectivity index (χ0v) is 13.1. The lowest BCUT2D eigenvalue weighted by Crippen LogP contribution is -2.43. The van der Waals surface area contributed by atoms with Gasteiger partial charge in [0.25, 0.3) is 0 Å². The Morgan fingerprint density at radius 3 is 1.36 bits per heavy atom. The van der Waals surface area contributed by atoms with E-state index in [1.54, 1.807) is 0 Å². The normalized spacial score (nSPS) is 13.9. The zero-order valence-electron chi connectivity index (χ0n) is 13.1. The molecule has 25 heavy (non-hydrogen) atoms. The molecule has 2 amide bonds. The number of ether oxygens (including phenoxy) is 2. The van der Waals surface area contributed by atoms with Crippen LogP contribution in [0.4, 0.5) is 0 Å². The van der Waals surface area contributed by atoms with Crippen LogP contribution in [0.15, 0.2) is 0 Å². The Morgan fingerprint density at radius 1 is 0.680 bits per heavy atom. The summed E-state index contributed by atoms with van der Waals surface area (Å²) in [5, 5.41) is 7.40. The van der Waals surface area contributed by atoms with Crippen LogP contribution in [0.5, 0.6) is 0 Å². The molecule has 0 spiro atoms. The molecule has 11 N–H and O–H groups in total. The Morgan fingerprint density at radius 2 is 1.00 bits per heavy atom. The molecule has 1 unspecified atom stereocenters. The maximum atomic E-state index is 11.6. The molecular weight excluding hydrogens is 340 g/mol. The van der Waals surface area contributed by atoms with Crippen molar-refractivity contribution in [3.05, 3.63) is 0 Å². The minimum absolute atomic E-state index is 0.494. The minimum Gasteiger partial charge on any atom is -0.411 e. The Bertz CT molecular complexity index is 578. The van der Waals surface area contributed by atoms with Gasteiger partial charge in [0.2, 0.25) is 11.8 Å². The summed E-state index contributed by atoms with van der Waals surface area (Å²) in [5.74, 6) is -6.07. The van der Waals surface area contributed by atoms with Crippen LogP contribution in [-0.4, -0.2) is 53.7 Å². The second kappa shape index (κ2) is 10.1. The first-order chi connectivity index (χ1) is 11.4. The van der Waals surface area contributed by atoms with E-state index in [1.807, 2.05) is 0 Å². The summed E-state index contributed by atoms with van der Waals surface area (Å²) in [6.07, 6.45) is -1.63. The smallest absolute Gasteiger partial charge is 0.331 e. The van der Waals surface area contributed by atoms with Crippen LogP contribution < -0.4 is 28.7 Å². The maximum absolute atomic E-state index is 11.6. The van der Waals surface area contributed by atoms with Crippen molar-refractivity contribution in [1.82, 2.24) is 0 Å². The molecule has 0 aliphatic heterocycles. The van der Waals surface area contributed by atoms with Gasteiger partial charge in [-0.2, -0.15) is 0 Å². The van der Waals surface area contributed by atoms with E-state index in [9.17, 15) is 24.0 Å². The molecule has 0 aromatic carbocycles. The van der Waals surface area contributed by atoms with Crippen molar-refractivity contribution in [2.45, 2.75) is 37.4 Å². The van der Waals surface area contributed by atoms with Crippen molar-refractivity contribution in [3.63, 3.8) is 0 Å². The number of esters is 3. The average molecular weight is 360 g/mol. The molecule has 0 fully saturated rings. The van der Waals surface area contributed by atoms with Crippen molar-refractivity contribution in [2.75, 3.05) is 0 Å². The number of carbonyl (C=O) groups is 5. The lowest BCUT2D eigenvalue weighted by Gasteiger charge is -2.14. The third-order valence-electron chi connectivity index (χ3n) is 2.58. The highest BCUT2D eigenvalue weighted by molar-refractivity contribution is 5.96. The molecule has 13 heteroatoms. The summed E-state index contributed by atoms with van der Waals surface area (Å²) < 4.78 is 8.81. The van der Waals surface area contributed by atoms with Gasteiger partial charge >= 0.3 is 17.9 Å². The lowest BCUT2D eigenvalue weighted by molar-refractivity contribution is -0.162. The van der Waals surface area contributed by atoms with Crippen LogP contribution >= 0.6 is 0 Å². The van der Waals surface area contributed by atoms with Crippen LogP contribution in [0.25, 0.3) is 0 Å². The standard InChI is InChI=1S/C12H20N6O7/c13-4(1-7(16)19)10(21)24-9(18)3-6(15)12(23)25-11(22)5(14)2-8(17)20/h4-6,18H,1-3,13-15H2,(H2,16,19)(H2,17,20)/t4-,5-,6?/m0/s1. The number of nitrogens with one attached hydrogen (secondary N) is 1. The van der Waals surface area contributed by atoms with E-state index in [0.717, 1.165) is 0 Å². The van der Waals surface area contributed by atoms with E-state index in [4.69, 9.17) is 34.1 Å². The highest BCUT2D eigenvalue weighted by atomic mass is 16.6. The van der Waals surface area contributed by atoms with Crippen LogP contribution in [0, 0.1) is 5.41 Å². The molecule has 0 saturated carbocycles. The molecule has 0 radical (unpaired) electrons. The predicted octanol–water partition coefficient (Wildman–Crippen LogP) is -4.30. The first-order valence-electron chi connectivity index (χ1n) is 6.82. The van der Waals surface area contributed by atoms with Crippen molar-refractivity contribution in [2.24, 2.45) is 28.7 Å². The number of nitrogens with two attached hydrogens (primary N) is 5. The Balaban J connectivity index is 4.45. The molecule has 0 aromatic heterocycles. The Hall–Kier alpha value is -2.90. The van der Waals surface area contributed by atoms with Crippen molar-refractivity contribution < 1.29 is 33.4 Å². The average Bonchev–Trinajstić information content (AvgIpc) is 2.45. The topological polar surface area (TPSA) is 258 Å². The summed E-state index contributed by atoms with van der Waals surface area (Å²) in [4.78, 5) is 55.7. The largest absolute Gasteiger partial charge is 0.411 e. The first-order valence-corrected chi connectivity index (χ1v) is 6.82. The van der Waals surface area contributed by atoms with Gasteiger partial charge in [-0.3, -0.25) is 15.0 Å². The second-order valence-electron chi connectivity index (χ2n) is 4.95. The SMILES string of the molecule is N=C(CC(N)C(=O)OC(=O)[C@@H](N)CC(N)=O)OC(=O)[C@@H](N)CC(N)=O. The fourth-order valence-electron chi connectivity index (χ4n) is 1.37. The number of hydrogen-bond acceptors (Lipinski definition) is 11. The van der Waals surface area contributed by atoms with Crippen LogP contribution in [0.1, 0.15) is 19.3 Å². The highest BCUT2D eigenvalue weighted by Crippen LogP contribution is 2.01. The molecule has 0 aliphatic carbocycles. The number of amides is 2. The van der Waals surface area contributed by atoms with Gasteiger partial charge < -0.3 is 38.1 Å². The van der Waals surface area contributed by atoms with Gasteiger partial charge in [0.15, 0.2) is 5.90 Å². The number of carbonyl (C=O) groups excluding carboxylic acids is 5. The van der Waals surface area contributed by atoms with Crippen molar-refractivity contribution in [1.29, 1.82) is 5.41 Å². The van der Waals surface area contributed by atoms with E-state index >= 15 is 0 Å². The predicted molar refractivity (Wildman–Crippen MR) is 81.1 cm³/mol. The quantitative estimate of drug-likeness (QED) is 0.0996. The summed E-state index contributed by atoms with van der Waals surface area (Å²) in [5.41, 5.74) is 25.7. The molecule has 0 aliphatic rings. The summed E-state index contributed by atoms with van der Waals surface area (Å²) >= 11 is 0. The van der Waals surface area contributed by atoms with Gasteiger partial charge in [0.05, 0.1) is 12.8 Å². The van der Waals surface area contributed by atoms with Gasteiger partial charge in [0.1, 0.15) is 18.1 Å². The molecular formula is C12H20N6O7. The zero-order chi connectivity index (χ0) is 19.7. The Kier molecular flexibility index (Phi) is 8.90. The summed E-state index contributed by atoms with van der Waals surface area (Å²) in [6, 6.07) is -4.36. The van der Waals surface area contributed by atoms with Gasteiger partial charge in [-0.25, -0.2) is 14.4 Å². The van der Waals surface area contributed by atoms with Crippen LogP contribution in [-0.2, 0) is 33.4 Å². The Labute approximate surface area is 141 Å². The fraction of sp³-hybridized carbons (Fsp3) is 0.500. The monoisotopic (exact) mass is 360 g/mol. The molecule has 140 valence electrons. The number of hydrogen-bond donors (Lipinski definition) is 6. The second-order valence-corrected chi connectivity index (χ2v) is 4.95. The van der Waals surface area contributed by atoms with E-state index in [-0.39, 0.29) is 0 Å². The number of primary amides is 2. The van der Waals surface area contributed by atoms with E-state index < -0.39 is 73.0 Å². The fourth-order valence-corrected chi connectivity index (χ4v) is 1.37. The molecule has 0 bridgehead atoms. The van der Waals surface area contributed by atoms with Crippen LogP contribution in [0.3, 0.4) is 0 Å². The van der Waals surface area contributed by atoms with Crippen molar-refractivity contribution >= 4 is 35.6 Å². The molecule has 0 heterocycles. The molecule has 0 saturated heterocycles. The van der Waals surface area contributed by atoms with Crippen molar-refractivity contribution in [3.8, 4) is 0 Å². The first kappa shape index (κ1) is 22.1.